The van der Waals surface area contributed by atoms with Crippen LogP contribution in [0, 0.1) is 5.41 Å². The molecule has 1 fully saturated rings. The molecule has 1 aliphatic rings. The van der Waals surface area contributed by atoms with Gasteiger partial charge in [-0.15, -0.1) is 0 Å². The van der Waals surface area contributed by atoms with Crippen LogP contribution in [0.25, 0.3) is 0 Å². The molecule has 0 spiro atoms. The minimum atomic E-state index is 0.0131. The van der Waals surface area contributed by atoms with Crippen molar-refractivity contribution >= 4 is 11.6 Å². The average molecular weight is 290 g/mol. The topological polar surface area (TPSA) is 58.1 Å². The number of anilines is 1. The first-order valence-corrected chi connectivity index (χ1v) is 7.68. The fourth-order valence-corrected chi connectivity index (χ4v) is 2.48. The summed E-state index contributed by atoms with van der Waals surface area (Å²) in [4.78, 5) is 23.5. The van der Waals surface area contributed by atoms with Gasteiger partial charge in [-0.25, -0.2) is 9.97 Å². The van der Waals surface area contributed by atoms with E-state index in [1.807, 2.05) is 18.7 Å². The van der Waals surface area contributed by atoms with E-state index in [-0.39, 0.29) is 11.8 Å². The number of likely N-dealkylation sites (tertiary alicyclic amines) is 1. The van der Waals surface area contributed by atoms with E-state index in [4.69, 9.17) is 0 Å². The van der Waals surface area contributed by atoms with Crippen LogP contribution in [0.3, 0.4) is 0 Å². The third-order valence-corrected chi connectivity index (χ3v) is 4.20. The summed E-state index contributed by atoms with van der Waals surface area (Å²) >= 11 is 0. The quantitative estimate of drug-likeness (QED) is 0.930. The Morgan fingerprint density at radius 2 is 1.95 bits per heavy atom. The van der Waals surface area contributed by atoms with Crippen LogP contribution in [0.15, 0.2) is 6.20 Å². The van der Waals surface area contributed by atoms with Gasteiger partial charge in [0.05, 0.1) is 11.9 Å². The van der Waals surface area contributed by atoms with Crippen molar-refractivity contribution in [3.63, 3.8) is 0 Å². The summed E-state index contributed by atoms with van der Waals surface area (Å²) < 4.78 is 0. The first kappa shape index (κ1) is 15.7. The Hall–Kier alpha value is -1.65. The number of hydrogen-bond acceptors (Lipinski definition) is 4. The number of carbonyl (C=O) groups excluding carboxylic acids is 1. The van der Waals surface area contributed by atoms with Crippen LogP contribution >= 0.6 is 0 Å². The van der Waals surface area contributed by atoms with Crippen LogP contribution in [0.5, 0.6) is 0 Å². The fraction of sp³-hybridized carbons (Fsp3) is 0.688. The zero-order valence-corrected chi connectivity index (χ0v) is 13.7. The SMILES string of the molecule is CNc1cnc(C(C)C)nc1C(=O)N1CCC(C)(C)CC1. The molecule has 0 radical (unpaired) electrons. The largest absolute Gasteiger partial charge is 0.385 e. The summed E-state index contributed by atoms with van der Waals surface area (Å²) in [5, 5.41) is 3.03. The first-order valence-electron chi connectivity index (χ1n) is 7.68. The molecule has 1 N–H and O–H groups in total. The third kappa shape index (κ3) is 3.52. The van der Waals surface area contributed by atoms with E-state index in [0.717, 1.165) is 31.8 Å². The second kappa shape index (κ2) is 6.00. The Labute approximate surface area is 127 Å². The van der Waals surface area contributed by atoms with Crippen LogP contribution in [0.4, 0.5) is 5.69 Å². The highest BCUT2D eigenvalue weighted by molar-refractivity contribution is 5.97. The number of aromatic nitrogens is 2. The summed E-state index contributed by atoms with van der Waals surface area (Å²) in [5.74, 6) is 0.941. The van der Waals surface area contributed by atoms with Crippen molar-refractivity contribution in [3.8, 4) is 0 Å². The Bertz CT molecular complexity index is 515. The highest BCUT2D eigenvalue weighted by Crippen LogP contribution is 2.30. The molecule has 0 aliphatic carbocycles. The van der Waals surface area contributed by atoms with Crippen LogP contribution < -0.4 is 5.32 Å². The van der Waals surface area contributed by atoms with Crippen molar-refractivity contribution in [1.29, 1.82) is 0 Å². The number of hydrogen-bond donors (Lipinski definition) is 1. The highest BCUT2D eigenvalue weighted by atomic mass is 16.2. The van der Waals surface area contributed by atoms with Gasteiger partial charge in [0.2, 0.25) is 0 Å². The Balaban J connectivity index is 2.24. The number of nitrogens with zero attached hydrogens (tertiary/aromatic N) is 3. The van der Waals surface area contributed by atoms with Crippen LogP contribution in [0.2, 0.25) is 0 Å². The smallest absolute Gasteiger partial charge is 0.274 e. The van der Waals surface area contributed by atoms with Gasteiger partial charge in [0, 0.05) is 26.1 Å². The highest BCUT2D eigenvalue weighted by Gasteiger charge is 2.30. The van der Waals surface area contributed by atoms with Gasteiger partial charge >= 0.3 is 0 Å². The minimum absolute atomic E-state index is 0.0131. The maximum absolute atomic E-state index is 12.8. The maximum atomic E-state index is 12.8. The molecule has 1 amide bonds. The van der Waals surface area contributed by atoms with Crippen LogP contribution in [0.1, 0.15) is 62.8 Å². The van der Waals surface area contributed by atoms with E-state index < -0.39 is 0 Å². The van der Waals surface area contributed by atoms with Crippen molar-refractivity contribution < 1.29 is 4.79 Å². The summed E-state index contributed by atoms with van der Waals surface area (Å²) in [7, 11) is 1.80. The van der Waals surface area contributed by atoms with E-state index >= 15 is 0 Å². The summed E-state index contributed by atoms with van der Waals surface area (Å²) in [5.41, 5.74) is 1.53. The maximum Gasteiger partial charge on any atom is 0.274 e. The van der Waals surface area contributed by atoms with Gasteiger partial charge in [0.15, 0.2) is 5.69 Å². The molecule has 1 aliphatic heterocycles. The van der Waals surface area contributed by atoms with Crippen molar-refractivity contribution in [2.75, 3.05) is 25.5 Å². The summed E-state index contributed by atoms with van der Waals surface area (Å²) in [6, 6.07) is 0. The van der Waals surface area contributed by atoms with Crippen LogP contribution in [-0.4, -0.2) is 40.9 Å². The zero-order chi connectivity index (χ0) is 15.6. The minimum Gasteiger partial charge on any atom is -0.385 e. The lowest BCUT2D eigenvalue weighted by atomic mass is 9.82. The van der Waals surface area contributed by atoms with Gasteiger partial charge in [-0.1, -0.05) is 27.7 Å². The Morgan fingerprint density at radius 1 is 1.33 bits per heavy atom. The Morgan fingerprint density at radius 3 is 2.48 bits per heavy atom. The molecule has 1 aromatic rings. The third-order valence-electron chi connectivity index (χ3n) is 4.20. The van der Waals surface area contributed by atoms with E-state index in [0.29, 0.717) is 16.8 Å². The lowest BCUT2D eigenvalue weighted by Gasteiger charge is -2.36. The van der Waals surface area contributed by atoms with Crippen molar-refractivity contribution in [2.45, 2.75) is 46.5 Å². The van der Waals surface area contributed by atoms with E-state index in [2.05, 4.69) is 29.1 Å². The number of rotatable bonds is 3. The lowest BCUT2D eigenvalue weighted by Crippen LogP contribution is -2.41. The second-order valence-electron chi connectivity index (χ2n) is 6.85. The first-order chi connectivity index (χ1) is 9.84. The second-order valence-corrected chi connectivity index (χ2v) is 6.85. The van der Waals surface area contributed by atoms with Gasteiger partial charge in [-0.3, -0.25) is 4.79 Å². The molecule has 116 valence electrons. The van der Waals surface area contributed by atoms with E-state index in [1.165, 1.54) is 0 Å². The summed E-state index contributed by atoms with van der Waals surface area (Å²) in [6.45, 7) is 10.2. The van der Waals surface area contributed by atoms with Gasteiger partial charge in [-0.05, 0) is 18.3 Å². The molecule has 0 bridgehead atoms. The molecule has 21 heavy (non-hydrogen) atoms. The van der Waals surface area contributed by atoms with Gasteiger partial charge < -0.3 is 10.2 Å². The zero-order valence-electron chi connectivity index (χ0n) is 13.7. The van der Waals surface area contributed by atoms with Crippen molar-refractivity contribution in [1.82, 2.24) is 14.9 Å². The standard InChI is InChI=1S/C16H26N4O/c1-11(2)14-18-10-12(17-5)13(19-14)15(21)20-8-6-16(3,4)7-9-20/h10-11,17H,6-9H2,1-5H3. The van der Waals surface area contributed by atoms with Crippen LogP contribution in [-0.2, 0) is 0 Å². The van der Waals surface area contributed by atoms with Gasteiger partial charge in [0.1, 0.15) is 5.82 Å². The van der Waals surface area contributed by atoms with Gasteiger partial charge in [0.25, 0.3) is 5.91 Å². The molecular weight excluding hydrogens is 264 g/mol. The number of amides is 1. The normalized spacial score (nSPS) is 17.9. The molecule has 0 aromatic carbocycles. The molecule has 0 atom stereocenters. The van der Waals surface area contributed by atoms with E-state index in [1.54, 1.807) is 13.2 Å². The molecule has 2 heterocycles. The summed E-state index contributed by atoms with van der Waals surface area (Å²) in [6.07, 6.45) is 3.79. The Kier molecular flexibility index (Phi) is 4.49. The molecule has 5 nitrogen and oxygen atoms in total. The number of piperidine rings is 1. The molecule has 1 aromatic heterocycles. The number of nitrogens with one attached hydrogen (secondary N) is 1. The molecular formula is C16H26N4O. The molecule has 5 heteroatoms. The predicted octanol–water partition coefficient (Wildman–Crippen LogP) is 2.90. The van der Waals surface area contributed by atoms with Crippen molar-refractivity contribution in [2.24, 2.45) is 5.41 Å². The fourth-order valence-electron chi connectivity index (χ4n) is 2.48. The monoisotopic (exact) mass is 290 g/mol. The molecule has 1 saturated heterocycles. The van der Waals surface area contributed by atoms with Gasteiger partial charge in [-0.2, -0.15) is 0 Å². The molecule has 0 saturated carbocycles. The predicted molar refractivity (Wildman–Crippen MR) is 84.6 cm³/mol. The lowest BCUT2D eigenvalue weighted by molar-refractivity contribution is 0.0625. The van der Waals surface area contributed by atoms with Crippen molar-refractivity contribution in [3.05, 3.63) is 17.7 Å². The molecule has 2 rings (SSSR count). The average Bonchev–Trinajstić information content (AvgIpc) is 2.45. The molecule has 0 unspecified atom stereocenters. The number of carbonyl (C=O) groups is 1. The van der Waals surface area contributed by atoms with E-state index in [9.17, 15) is 4.79 Å².